The second-order valence-electron chi connectivity index (χ2n) is 5.16. The van der Waals surface area contributed by atoms with Crippen LogP contribution in [0.5, 0.6) is 0 Å². The molecule has 0 saturated heterocycles. The molecule has 0 bridgehead atoms. The highest BCUT2D eigenvalue weighted by Crippen LogP contribution is 2.38. The summed E-state index contributed by atoms with van der Waals surface area (Å²) in [4.78, 5) is 5.67. The normalized spacial score (nSPS) is 23.3. The number of hydrogen-bond donors (Lipinski definition) is 1. The van der Waals surface area contributed by atoms with Crippen molar-refractivity contribution in [1.82, 2.24) is 4.98 Å². The second kappa shape index (κ2) is 4.66. The lowest BCUT2D eigenvalue weighted by Crippen LogP contribution is -2.31. The molecule has 1 heterocycles. The monoisotopic (exact) mass is 236 g/mol. The Kier molecular flexibility index (Phi) is 3.43. The summed E-state index contributed by atoms with van der Waals surface area (Å²) < 4.78 is 0. The smallest absolute Gasteiger partial charge is 0.126 e. The van der Waals surface area contributed by atoms with Gasteiger partial charge in [0.25, 0.3) is 0 Å². The van der Waals surface area contributed by atoms with Crippen LogP contribution in [-0.4, -0.2) is 17.3 Å². The molecule has 1 aromatic heterocycles. The Morgan fingerprint density at radius 1 is 1.44 bits per heavy atom. The van der Waals surface area contributed by atoms with Crippen molar-refractivity contribution in [3.63, 3.8) is 0 Å². The second-order valence-corrected chi connectivity index (χ2v) is 6.04. The first-order valence-electron chi connectivity index (χ1n) is 5.88. The van der Waals surface area contributed by atoms with E-state index >= 15 is 0 Å². The van der Waals surface area contributed by atoms with Crippen LogP contribution in [0.1, 0.15) is 33.1 Å². The van der Waals surface area contributed by atoms with Gasteiger partial charge in [-0.3, -0.25) is 0 Å². The molecule has 0 radical (unpaired) electrons. The summed E-state index contributed by atoms with van der Waals surface area (Å²) in [5.41, 5.74) is 0.403. The van der Waals surface area contributed by atoms with Crippen LogP contribution >= 0.6 is 11.8 Å². The van der Waals surface area contributed by atoms with E-state index in [-0.39, 0.29) is 0 Å². The van der Waals surface area contributed by atoms with Gasteiger partial charge in [0.2, 0.25) is 0 Å². The minimum atomic E-state index is 0.403. The summed E-state index contributed by atoms with van der Waals surface area (Å²) in [5.74, 6) is 1.01. The Bertz CT molecular complexity index is 345. The minimum Gasteiger partial charge on any atom is -0.367 e. The third-order valence-corrected chi connectivity index (χ3v) is 4.26. The number of nitrogens with one attached hydrogen (secondary N) is 1. The molecule has 2 rings (SSSR count). The Balaban J connectivity index is 2.03. The lowest BCUT2D eigenvalue weighted by Gasteiger charge is -2.28. The van der Waals surface area contributed by atoms with Gasteiger partial charge in [-0.2, -0.15) is 0 Å². The van der Waals surface area contributed by atoms with Gasteiger partial charge in [-0.25, -0.2) is 4.98 Å². The molecule has 2 nitrogen and oxygen atoms in total. The van der Waals surface area contributed by atoms with Crippen molar-refractivity contribution in [2.45, 2.75) is 44.0 Å². The van der Waals surface area contributed by atoms with E-state index in [1.807, 2.05) is 6.20 Å². The quantitative estimate of drug-likeness (QED) is 0.808. The van der Waals surface area contributed by atoms with Gasteiger partial charge in [0.15, 0.2) is 0 Å². The number of pyridine rings is 1. The third kappa shape index (κ3) is 2.51. The van der Waals surface area contributed by atoms with Crippen LogP contribution < -0.4 is 5.32 Å². The van der Waals surface area contributed by atoms with E-state index < -0.39 is 0 Å². The van der Waals surface area contributed by atoms with Crippen LogP contribution in [0.2, 0.25) is 0 Å². The van der Waals surface area contributed by atoms with Crippen LogP contribution in [0.15, 0.2) is 23.2 Å². The number of nitrogens with zero attached hydrogens (tertiary/aromatic N) is 1. The highest BCUT2D eigenvalue weighted by Gasteiger charge is 2.34. The molecule has 16 heavy (non-hydrogen) atoms. The average molecular weight is 236 g/mol. The van der Waals surface area contributed by atoms with E-state index in [1.165, 1.54) is 24.2 Å². The van der Waals surface area contributed by atoms with Gasteiger partial charge in [-0.05, 0) is 36.6 Å². The van der Waals surface area contributed by atoms with Crippen LogP contribution in [-0.2, 0) is 0 Å². The Morgan fingerprint density at radius 2 is 2.25 bits per heavy atom. The number of thioether (sulfide) groups is 1. The summed E-state index contributed by atoms with van der Waals surface area (Å²) in [7, 11) is 0. The molecule has 1 N–H and O–H groups in total. The fraction of sp³-hybridized carbons (Fsp3) is 0.615. The SMILES string of the molecule is CSc1ccc(NC2CCCC2(C)C)nc1. The number of anilines is 1. The lowest BCUT2D eigenvalue weighted by atomic mass is 9.87. The molecule has 0 amide bonds. The first-order chi connectivity index (χ1) is 7.62. The van der Waals surface area contributed by atoms with Gasteiger partial charge in [0.1, 0.15) is 5.82 Å². The topological polar surface area (TPSA) is 24.9 Å². The zero-order valence-electron chi connectivity index (χ0n) is 10.3. The maximum atomic E-state index is 4.45. The Hall–Kier alpha value is -0.700. The van der Waals surface area contributed by atoms with Crippen molar-refractivity contribution in [2.75, 3.05) is 11.6 Å². The number of rotatable bonds is 3. The fourth-order valence-corrected chi connectivity index (χ4v) is 2.72. The molecular weight excluding hydrogens is 216 g/mol. The van der Waals surface area contributed by atoms with Gasteiger partial charge in [0.05, 0.1) is 0 Å². The molecule has 1 aromatic rings. The highest BCUT2D eigenvalue weighted by atomic mass is 32.2. The molecule has 1 saturated carbocycles. The Morgan fingerprint density at radius 3 is 2.75 bits per heavy atom. The molecule has 0 spiro atoms. The number of aromatic nitrogens is 1. The van der Waals surface area contributed by atoms with Gasteiger partial charge in [-0.1, -0.05) is 20.3 Å². The van der Waals surface area contributed by atoms with Gasteiger partial charge in [0, 0.05) is 17.1 Å². The molecule has 1 atom stereocenters. The van der Waals surface area contributed by atoms with Crippen molar-refractivity contribution in [1.29, 1.82) is 0 Å². The van der Waals surface area contributed by atoms with E-state index in [2.05, 4.69) is 42.5 Å². The summed E-state index contributed by atoms with van der Waals surface area (Å²) in [6.45, 7) is 4.68. The van der Waals surface area contributed by atoms with E-state index in [4.69, 9.17) is 0 Å². The minimum absolute atomic E-state index is 0.403. The average Bonchev–Trinajstić information content (AvgIpc) is 2.59. The summed E-state index contributed by atoms with van der Waals surface area (Å²) in [6, 6.07) is 4.78. The van der Waals surface area contributed by atoms with Crippen LogP contribution in [0.25, 0.3) is 0 Å². The molecule has 0 aromatic carbocycles. The van der Waals surface area contributed by atoms with Gasteiger partial charge >= 0.3 is 0 Å². The van der Waals surface area contributed by atoms with Crippen molar-refractivity contribution < 1.29 is 0 Å². The molecule has 0 aliphatic heterocycles. The molecular formula is C13H20N2S. The maximum absolute atomic E-state index is 4.45. The standard InChI is InChI=1S/C13H20N2S/c1-13(2)8-4-5-11(13)15-12-7-6-10(16-3)9-14-12/h6-7,9,11H,4-5,8H2,1-3H3,(H,14,15). The predicted molar refractivity (Wildman–Crippen MR) is 71.1 cm³/mol. The first-order valence-corrected chi connectivity index (χ1v) is 7.11. The molecule has 1 unspecified atom stereocenters. The van der Waals surface area contributed by atoms with Gasteiger partial charge in [-0.15, -0.1) is 11.8 Å². The van der Waals surface area contributed by atoms with Crippen LogP contribution in [0.3, 0.4) is 0 Å². The maximum Gasteiger partial charge on any atom is 0.126 e. The summed E-state index contributed by atoms with van der Waals surface area (Å²) >= 11 is 1.73. The lowest BCUT2D eigenvalue weighted by molar-refractivity contribution is 0.349. The van der Waals surface area contributed by atoms with Crippen LogP contribution in [0.4, 0.5) is 5.82 Å². The number of hydrogen-bond acceptors (Lipinski definition) is 3. The molecule has 1 aliphatic carbocycles. The third-order valence-electron chi connectivity index (χ3n) is 3.55. The zero-order valence-corrected chi connectivity index (χ0v) is 11.1. The predicted octanol–water partition coefficient (Wildman–Crippen LogP) is 3.79. The molecule has 1 fully saturated rings. The zero-order chi connectivity index (χ0) is 11.6. The van der Waals surface area contributed by atoms with E-state index in [9.17, 15) is 0 Å². The molecule has 88 valence electrons. The van der Waals surface area contributed by atoms with E-state index in [1.54, 1.807) is 11.8 Å². The van der Waals surface area contributed by atoms with E-state index in [0.717, 1.165) is 5.82 Å². The molecule has 1 aliphatic rings. The molecule has 3 heteroatoms. The van der Waals surface area contributed by atoms with Gasteiger partial charge < -0.3 is 5.32 Å². The fourth-order valence-electron chi connectivity index (χ4n) is 2.36. The first kappa shape index (κ1) is 11.8. The van der Waals surface area contributed by atoms with Crippen molar-refractivity contribution in [2.24, 2.45) is 5.41 Å². The van der Waals surface area contributed by atoms with Crippen LogP contribution in [0, 0.1) is 5.41 Å². The highest BCUT2D eigenvalue weighted by molar-refractivity contribution is 7.98. The van der Waals surface area contributed by atoms with Crippen molar-refractivity contribution in [3.8, 4) is 0 Å². The summed E-state index contributed by atoms with van der Waals surface area (Å²) in [6.07, 6.45) is 7.92. The summed E-state index contributed by atoms with van der Waals surface area (Å²) in [5, 5.41) is 3.56. The van der Waals surface area contributed by atoms with Crippen molar-refractivity contribution in [3.05, 3.63) is 18.3 Å². The largest absolute Gasteiger partial charge is 0.367 e. The van der Waals surface area contributed by atoms with E-state index in [0.29, 0.717) is 11.5 Å². The Labute approximate surface area is 102 Å². The van der Waals surface area contributed by atoms with Crippen molar-refractivity contribution >= 4 is 17.6 Å².